The third-order valence-corrected chi connectivity index (χ3v) is 8.33. The Morgan fingerprint density at radius 2 is 1.98 bits per heavy atom. The minimum Gasteiger partial charge on any atom is -0.443 e. The Hall–Kier alpha value is -4.75. The molecule has 0 radical (unpaired) electrons. The van der Waals surface area contributed by atoms with Crippen LogP contribution in [0.3, 0.4) is 0 Å². The van der Waals surface area contributed by atoms with E-state index in [2.05, 4.69) is 15.4 Å². The van der Waals surface area contributed by atoms with E-state index < -0.39 is 11.7 Å². The fraction of sp³-hybridized carbons (Fsp3) is 0.457. The van der Waals surface area contributed by atoms with Crippen molar-refractivity contribution < 1.29 is 19.4 Å². The number of para-hydroxylation sites is 1. The van der Waals surface area contributed by atoms with Crippen LogP contribution in [0.15, 0.2) is 59.8 Å². The molecule has 2 aliphatic heterocycles. The van der Waals surface area contributed by atoms with Crippen LogP contribution in [0.4, 0.5) is 33.5 Å². The molecule has 254 valence electrons. The van der Waals surface area contributed by atoms with Gasteiger partial charge in [-0.2, -0.15) is 10.1 Å². The summed E-state index contributed by atoms with van der Waals surface area (Å²) in [6, 6.07) is 7.62. The number of allylic oxidation sites excluding steroid dienone is 1. The van der Waals surface area contributed by atoms with Gasteiger partial charge in [-0.05, 0) is 77.5 Å². The zero-order valence-electron chi connectivity index (χ0n) is 28.1. The second kappa shape index (κ2) is 14.2. The van der Waals surface area contributed by atoms with Crippen LogP contribution in [0.1, 0.15) is 64.7 Å². The number of hydrogen-bond acceptors (Lipinski definition) is 10. The van der Waals surface area contributed by atoms with Crippen molar-refractivity contribution >= 4 is 45.8 Å². The summed E-state index contributed by atoms with van der Waals surface area (Å²) < 4.78 is 15.1. The normalized spacial score (nSPS) is 16.8. The lowest BCUT2D eigenvalue weighted by atomic mass is 10.1. The maximum Gasteiger partial charge on any atom is 0.414 e. The number of amides is 1. The number of aliphatic hydroxyl groups excluding tert-OH is 1. The van der Waals surface area contributed by atoms with Crippen LogP contribution >= 0.6 is 0 Å². The van der Waals surface area contributed by atoms with Gasteiger partial charge >= 0.3 is 6.09 Å². The first-order valence-corrected chi connectivity index (χ1v) is 16.6. The summed E-state index contributed by atoms with van der Waals surface area (Å²) in [4.78, 5) is 40.7. The van der Waals surface area contributed by atoms with Crippen molar-refractivity contribution in [3.8, 4) is 0 Å². The number of carbonyl (C=O) groups is 1. The van der Waals surface area contributed by atoms with E-state index in [9.17, 15) is 14.7 Å². The van der Waals surface area contributed by atoms with Crippen molar-refractivity contribution in [2.24, 2.45) is 0 Å². The summed E-state index contributed by atoms with van der Waals surface area (Å²) in [5.41, 5.74) is 3.19. The summed E-state index contributed by atoms with van der Waals surface area (Å²) in [5.74, 6) is 0.343. The molecule has 1 amide bonds. The van der Waals surface area contributed by atoms with E-state index in [1.54, 1.807) is 21.9 Å². The smallest absolute Gasteiger partial charge is 0.414 e. The van der Waals surface area contributed by atoms with E-state index in [0.717, 1.165) is 42.8 Å². The van der Waals surface area contributed by atoms with Gasteiger partial charge in [0, 0.05) is 44.4 Å². The number of anilines is 5. The van der Waals surface area contributed by atoms with Gasteiger partial charge in [0.25, 0.3) is 5.56 Å². The average Bonchev–Trinajstić information content (AvgIpc) is 3.53. The number of fused-ring (bicyclic) bond motifs is 2. The topological polar surface area (TPSA) is 140 Å². The summed E-state index contributed by atoms with van der Waals surface area (Å²) in [5, 5.41) is 17.6. The quantitative estimate of drug-likeness (QED) is 0.207. The number of pyridine rings is 1. The van der Waals surface area contributed by atoms with Crippen LogP contribution in [-0.4, -0.2) is 67.4 Å². The maximum absolute atomic E-state index is 14.4. The predicted octanol–water partition coefficient (Wildman–Crippen LogP) is 5.96. The van der Waals surface area contributed by atoms with E-state index in [0.29, 0.717) is 60.8 Å². The first kappa shape index (κ1) is 33.2. The molecule has 1 fully saturated rings. The Balaban J connectivity index is 1.36. The summed E-state index contributed by atoms with van der Waals surface area (Å²) in [7, 11) is 0. The van der Waals surface area contributed by atoms with Gasteiger partial charge in [-0.1, -0.05) is 24.3 Å². The fourth-order valence-electron chi connectivity index (χ4n) is 6.13. The molecular weight excluding hydrogens is 612 g/mol. The molecule has 13 nitrogen and oxygen atoms in total. The first-order valence-electron chi connectivity index (χ1n) is 16.6. The van der Waals surface area contributed by atoms with Crippen LogP contribution in [-0.2, 0) is 16.0 Å². The van der Waals surface area contributed by atoms with Gasteiger partial charge in [0.1, 0.15) is 23.2 Å². The third-order valence-electron chi connectivity index (χ3n) is 8.33. The highest BCUT2D eigenvalue weighted by molar-refractivity contribution is 5.97. The Labute approximate surface area is 279 Å². The number of ether oxygens (including phenoxy) is 2. The minimum atomic E-state index is -0.646. The Kier molecular flexibility index (Phi) is 9.78. The molecular formula is C35H44N8O5. The highest BCUT2D eigenvalue weighted by Gasteiger charge is 2.33. The monoisotopic (exact) mass is 656 g/mol. The lowest BCUT2D eigenvalue weighted by Crippen LogP contribution is -2.46. The first-order chi connectivity index (χ1) is 23.1. The Morgan fingerprint density at radius 1 is 1.15 bits per heavy atom. The molecule has 13 heteroatoms. The Morgan fingerprint density at radius 3 is 2.75 bits per heavy atom. The summed E-state index contributed by atoms with van der Waals surface area (Å²) in [6.45, 7) is 9.38. The number of aromatic nitrogens is 5. The lowest BCUT2D eigenvalue weighted by Gasteiger charge is -2.39. The van der Waals surface area contributed by atoms with Gasteiger partial charge in [-0.15, -0.1) is 0 Å². The maximum atomic E-state index is 14.4. The second-order valence-electron chi connectivity index (χ2n) is 13.1. The molecule has 0 spiro atoms. The predicted molar refractivity (Wildman–Crippen MR) is 185 cm³/mol. The number of aryl methyl sites for hydroxylation is 2. The van der Waals surface area contributed by atoms with Gasteiger partial charge < -0.3 is 24.8 Å². The van der Waals surface area contributed by atoms with Crippen LogP contribution in [0.2, 0.25) is 0 Å². The molecule has 1 atom stereocenters. The highest BCUT2D eigenvalue weighted by atomic mass is 16.6. The van der Waals surface area contributed by atoms with E-state index in [1.165, 1.54) is 0 Å². The molecule has 6 rings (SSSR count). The average molecular weight is 657 g/mol. The fourth-order valence-corrected chi connectivity index (χ4v) is 6.13. The third kappa shape index (κ3) is 7.21. The largest absolute Gasteiger partial charge is 0.443 e. The van der Waals surface area contributed by atoms with Gasteiger partial charge in [0.15, 0.2) is 0 Å². The van der Waals surface area contributed by atoms with Crippen molar-refractivity contribution in [2.75, 3.05) is 41.4 Å². The molecule has 0 saturated carbocycles. The summed E-state index contributed by atoms with van der Waals surface area (Å²) in [6.07, 6.45) is 12.8. The number of carbonyl (C=O) groups excluding carboxylic acids is 1. The van der Waals surface area contributed by atoms with E-state index in [-0.39, 0.29) is 18.4 Å². The van der Waals surface area contributed by atoms with Crippen molar-refractivity contribution in [2.45, 2.75) is 78.2 Å². The van der Waals surface area contributed by atoms with Crippen LogP contribution in [0, 0.1) is 6.92 Å². The molecule has 3 aromatic heterocycles. The number of hydrogen-bond donors (Lipinski definition) is 2. The standard InChI is InChI=1S/C35H44N8O5/c1-24-12-11-13-27-30(24)41(34(46)48-35(2,3)4)17-16-40(27)28-20-25-21-36-33(38-26-22-37-43(23-26)29-14-7-10-19-47-29)39-31(25)42(32(28)45)15-8-5-6-9-18-44/h5-6,11-13,20-23,29,44H,7-10,14-19H2,1-4H3,(H,36,38,39)/b6-5-. The number of rotatable bonds is 9. The second-order valence-corrected chi connectivity index (χ2v) is 13.1. The van der Waals surface area contributed by atoms with Crippen LogP contribution in [0.25, 0.3) is 11.0 Å². The van der Waals surface area contributed by atoms with E-state index in [4.69, 9.17) is 14.5 Å². The van der Waals surface area contributed by atoms with Crippen molar-refractivity contribution in [1.82, 2.24) is 24.3 Å². The molecule has 5 heterocycles. The number of benzene rings is 1. The molecule has 1 saturated heterocycles. The molecule has 1 unspecified atom stereocenters. The summed E-state index contributed by atoms with van der Waals surface area (Å²) >= 11 is 0. The van der Waals surface area contributed by atoms with Gasteiger partial charge in [-0.3, -0.25) is 14.3 Å². The SMILES string of the molecule is Cc1cccc2c1N(C(=O)OC(C)(C)C)CCN2c1cc2cnc(Nc3cnn(C4CCCCO4)c3)nc2n(CC/C=C\CCO)c1=O. The zero-order valence-corrected chi connectivity index (χ0v) is 28.1. The number of nitrogens with zero attached hydrogens (tertiary/aromatic N) is 7. The Bertz CT molecular complexity index is 1850. The molecule has 0 aliphatic carbocycles. The lowest BCUT2D eigenvalue weighted by molar-refractivity contribution is -0.0394. The van der Waals surface area contributed by atoms with Crippen molar-refractivity contribution in [3.05, 3.63) is 70.9 Å². The van der Waals surface area contributed by atoms with E-state index >= 15 is 0 Å². The molecule has 48 heavy (non-hydrogen) atoms. The minimum absolute atomic E-state index is 0.0642. The van der Waals surface area contributed by atoms with E-state index in [1.807, 2.05) is 79.9 Å². The van der Waals surface area contributed by atoms with Gasteiger partial charge in [0.2, 0.25) is 5.95 Å². The molecule has 0 bridgehead atoms. The van der Waals surface area contributed by atoms with Gasteiger partial charge in [0.05, 0.1) is 29.5 Å². The van der Waals surface area contributed by atoms with Crippen LogP contribution in [0.5, 0.6) is 0 Å². The number of aliphatic hydroxyl groups is 1. The molecule has 2 N–H and O–H groups in total. The molecule has 4 aromatic rings. The molecule has 1 aromatic carbocycles. The van der Waals surface area contributed by atoms with Gasteiger partial charge in [-0.25, -0.2) is 14.5 Å². The molecule has 2 aliphatic rings. The van der Waals surface area contributed by atoms with Crippen molar-refractivity contribution in [3.63, 3.8) is 0 Å². The highest BCUT2D eigenvalue weighted by Crippen LogP contribution is 2.40. The van der Waals surface area contributed by atoms with Crippen molar-refractivity contribution in [1.29, 1.82) is 0 Å². The van der Waals surface area contributed by atoms with Crippen LogP contribution < -0.4 is 20.7 Å². The zero-order chi connectivity index (χ0) is 33.8. The number of nitrogens with one attached hydrogen (secondary N) is 1.